The van der Waals surface area contributed by atoms with Crippen LogP contribution in [0, 0.1) is 11.6 Å². The fourth-order valence-corrected chi connectivity index (χ4v) is 3.01. The number of aromatic nitrogens is 1. The molecule has 0 radical (unpaired) electrons. The maximum absolute atomic E-state index is 13.9. The quantitative estimate of drug-likeness (QED) is 0.449. The maximum Gasteiger partial charge on any atom is 0.255 e. The number of carbonyl (C=O) groups is 1. The van der Waals surface area contributed by atoms with E-state index in [4.69, 9.17) is 4.52 Å². The number of rotatable bonds is 3. The van der Waals surface area contributed by atoms with Crippen molar-refractivity contribution in [2.45, 2.75) is 0 Å². The zero-order valence-electron chi connectivity index (χ0n) is 13.7. The molecule has 1 amide bonds. The molecule has 1 N–H and O–H groups in total. The van der Waals surface area contributed by atoms with Crippen LogP contribution in [0.1, 0.15) is 10.4 Å². The average Bonchev–Trinajstić information content (AvgIpc) is 3.08. The Morgan fingerprint density at radius 2 is 1.78 bits per heavy atom. The molecule has 0 saturated carbocycles. The van der Waals surface area contributed by atoms with Crippen LogP contribution >= 0.6 is 15.9 Å². The van der Waals surface area contributed by atoms with Gasteiger partial charge < -0.3 is 9.84 Å². The molecule has 134 valence electrons. The van der Waals surface area contributed by atoms with Gasteiger partial charge in [0.05, 0.1) is 11.1 Å². The minimum absolute atomic E-state index is 0.0763. The van der Waals surface area contributed by atoms with Gasteiger partial charge in [0.1, 0.15) is 17.2 Å². The minimum atomic E-state index is -0.546. The molecular weight excluding hydrogens is 418 g/mol. The number of halogens is 3. The predicted octanol–water partition coefficient (Wildman–Crippen LogP) is 5.79. The fourth-order valence-electron chi connectivity index (χ4n) is 2.68. The van der Waals surface area contributed by atoms with Crippen LogP contribution in [-0.4, -0.2) is 11.1 Å². The summed E-state index contributed by atoms with van der Waals surface area (Å²) in [5, 5.41) is 7.10. The number of amides is 1. The Kier molecular flexibility index (Phi) is 4.45. The molecule has 7 heteroatoms. The van der Waals surface area contributed by atoms with Crippen LogP contribution in [-0.2, 0) is 0 Å². The van der Waals surface area contributed by atoms with Crippen molar-refractivity contribution in [2.75, 3.05) is 5.32 Å². The number of benzene rings is 3. The first kappa shape index (κ1) is 17.4. The Morgan fingerprint density at radius 3 is 2.52 bits per heavy atom. The molecular formula is C20H11BrF2N2O2. The van der Waals surface area contributed by atoms with Crippen molar-refractivity contribution >= 4 is 38.4 Å². The van der Waals surface area contributed by atoms with Crippen LogP contribution in [0.5, 0.6) is 0 Å². The van der Waals surface area contributed by atoms with Crippen LogP contribution in [0.4, 0.5) is 14.5 Å². The van der Waals surface area contributed by atoms with Gasteiger partial charge in [-0.1, -0.05) is 21.1 Å². The fraction of sp³-hybridized carbons (Fsp3) is 0. The molecule has 0 aliphatic rings. The Bertz CT molecular complexity index is 1160. The second-order valence-corrected chi connectivity index (χ2v) is 6.74. The van der Waals surface area contributed by atoms with Crippen LogP contribution in [0.25, 0.3) is 22.2 Å². The van der Waals surface area contributed by atoms with Gasteiger partial charge in [-0.15, -0.1) is 0 Å². The smallest absolute Gasteiger partial charge is 0.255 e. The van der Waals surface area contributed by atoms with E-state index in [0.717, 1.165) is 0 Å². The number of nitrogens with one attached hydrogen (secondary N) is 1. The molecule has 0 aliphatic heterocycles. The van der Waals surface area contributed by atoms with E-state index in [-0.39, 0.29) is 11.5 Å². The molecule has 0 fully saturated rings. The Hall–Kier alpha value is -3.06. The van der Waals surface area contributed by atoms with Crippen LogP contribution < -0.4 is 5.32 Å². The van der Waals surface area contributed by atoms with Gasteiger partial charge >= 0.3 is 0 Å². The first-order valence-corrected chi connectivity index (χ1v) is 8.72. The van der Waals surface area contributed by atoms with Gasteiger partial charge in [0.15, 0.2) is 5.76 Å². The van der Waals surface area contributed by atoms with E-state index in [2.05, 4.69) is 26.4 Å². The number of anilines is 1. The predicted molar refractivity (Wildman–Crippen MR) is 101 cm³/mol. The Balaban J connectivity index is 1.69. The zero-order chi connectivity index (χ0) is 19.0. The van der Waals surface area contributed by atoms with Crippen molar-refractivity contribution in [1.82, 2.24) is 5.16 Å². The average molecular weight is 429 g/mol. The third-order valence-corrected chi connectivity index (χ3v) is 4.52. The summed E-state index contributed by atoms with van der Waals surface area (Å²) in [5.74, 6) is -0.950. The van der Waals surface area contributed by atoms with Crippen molar-refractivity contribution in [3.8, 4) is 11.3 Å². The topological polar surface area (TPSA) is 55.1 Å². The van der Waals surface area contributed by atoms with E-state index < -0.39 is 11.7 Å². The largest absolute Gasteiger partial charge is 0.355 e. The Morgan fingerprint density at radius 1 is 1.00 bits per heavy atom. The van der Waals surface area contributed by atoms with Gasteiger partial charge in [-0.05, 0) is 60.7 Å². The third-order valence-electron chi connectivity index (χ3n) is 4.02. The monoisotopic (exact) mass is 428 g/mol. The molecule has 0 spiro atoms. The van der Waals surface area contributed by atoms with E-state index in [1.807, 2.05) is 0 Å². The highest BCUT2D eigenvalue weighted by Crippen LogP contribution is 2.30. The summed E-state index contributed by atoms with van der Waals surface area (Å²) in [4.78, 5) is 12.5. The molecule has 0 atom stereocenters. The highest BCUT2D eigenvalue weighted by atomic mass is 79.9. The van der Waals surface area contributed by atoms with Crippen LogP contribution in [0.2, 0.25) is 0 Å². The second kappa shape index (κ2) is 6.92. The van der Waals surface area contributed by atoms with Gasteiger partial charge in [-0.25, -0.2) is 8.78 Å². The lowest BCUT2D eigenvalue weighted by molar-refractivity contribution is 0.102. The van der Waals surface area contributed by atoms with E-state index in [9.17, 15) is 13.6 Å². The normalized spacial score (nSPS) is 10.9. The first-order valence-electron chi connectivity index (χ1n) is 7.93. The summed E-state index contributed by atoms with van der Waals surface area (Å²) in [6.07, 6.45) is 0. The van der Waals surface area contributed by atoms with Crippen molar-refractivity contribution in [2.24, 2.45) is 0 Å². The Labute approximate surface area is 160 Å². The number of hydrogen-bond acceptors (Lipinski definition) is 3. The number of hydrogen-bond donors (Lipinski definition) is 1. The van der Waals surface area contributed by atoms with Crippen LogP contribution in [0.3, 0.4) is 0 Å². The highest BCUT2D eigenvalue weighted by Gasteiger charge is 2.15. The highest BCUT2D eigenvalue weighted by molar-refractivity contribution is 9.10. The number of fused-ring (bicyclic) bond motifs is 1. The summed E-state index contributed by atoms with van der Waals surface area (Å²) < 4.78 is 33.0. The summed E-state index contributed by atoms with van der Waals surface area (Å²) in [7, 11) is 0. The molecule has 0 bridgehead atoms. The van der Waals surface area contributed by atoms with E-state index >= 15 is 0 Å². The first-order chi connectivity index (χ1) is 13.0. The van der Waals surface area contributed by atoms with Crippen molar-refractivity contribution in [3.05, 3.63) is 82.3 Å². The third kappa shape index (κ3) is 3.46. The summed E-state index contributed by atoms with van der Waals surface area (Å²) in [6.45, 7) is 0. The van der Waals surface area contributed by atoms with E-state index in [1.54, 1.807) is 36.4 Å². The molecule has 0 unspecified atom stereocenters. The minimum Gasteiger partial charge on any atom is -0.355 e. The maximum atomic E-state index is 13.9. The van der Waals surface area contributed by atoms with Crippen molar-refractivity contribution < 1.29 is 18.1 Å². The number of nitrogens with zero attached hydrogens (tertiary/aromatic N) is 1. The molecule has 0 saturated heterocycles. The molecule has 0 aliphatic carbocycles. The summed E-state index contributed by atoms with van der Waals surface area (Å²) in [5.41, 5.74) is 1.58. The molecule has 1 aromatic heterocycles. The number of carbonyl (C=O) groups excluding carboxylic acids is 1. The SMILES string of the molecule is O=C(Nc1ccc(Br)cc1F)c1ccc2noc(-c3ccc(F)cc3)c2c1. The molecule has 1 heterocycles. The lowest BCUT2D eigenvalue weighted by Crippen LogP contribution is -2.12. The van der Waals surface area contributed by atoms with E-state index in [0.29, 0.717) is 32.3 Å². The van der Waals surface area contributed by atoms with Gasteiger partial charge in [0.2, 0.25) is 0 Å². The van der Waals surface area contributed by atoms with Gasteiger partial charge in [-0.3, -0.25) is 4.79 Å². The lowest BCUT2D eigenvalue weighted by atomic mass is 10.1. The summed E-state index contributed by atoms with van der Waals surface area (Å²) >= 11 is 3.17. The molecule has 27 heavy (non-hydrogen) atoms. The molecule has 3 aromatic carbocycles. The van der Waals surface area contributed by atoms with Crippen molar-refractivity contribution in [3.63, 3.8) is 0 Å². The zero-order valence-corrected chi connectivity index (χ0v) is 15.3. The van der Waals surface area contributed by atoms with Gasteiger partial charge in [0, 0.05) is 15.6 Å². The lowest BCUT2D eigenvalue weighted by Gasteiger charge is -2.07. The van der Waals surface area contributed by atoms with Crippen molar-refractivity contribution in [1.29, 1.82) is 0 Å². The molecule has 4 nitrogen and oxygen atoms in total. The second-order valence-electron chi connectivity index (χ2n) is 5.83. The van der Waals surface area contributed by atoms with Crippen LogP contribution in [0.15, 0.2) is 69.7 Å². The standard InChI is InChI=1S/C20H11BrF2N2O2/c21-13-4-8-18(16(23)10-13)24-20(26)12-3-7-17-15(9-12)19(27-25-17)11-1-5-14(22)6-2-11/h1-10H,(H,24,26). The summed E-state index contributed by atoms with van der Waals surface area (Å²) in [6, 6.07) is 15.0. The molecule has 4 rings (SSSR count). The van der Waals surface area contributed by atoms with E-state index in [1.165, 1.54) is 24.3 Å². The molecule has 4 aromatic rings. The van der Waals surface area contributed by atoms with Gasteiger partial charge in [-0.2, -0.15) is 0 Å². The van der Waals surface area contributed by atoms with Gasteiger partial charge in [0.25, 0.3) is 5.91 Å².